The molecule has 0 amide bonds. The summed E-state index contributed by atoms with van der Waals surface area (Å²) < 4.78 is 13.1. The van der Waals surface area contributed by atoms with Gasteiger partial charge in [0.25, 0.3) is 0 Å². The number of ether oxygens (including phenoxy) is 3. The molecule has 1 aliphatic heterocycles. The molecular formula is C9H16O5. The molecule has 0 aliphatic carbocycles. The van der Waals surface area contributed by atoms with Gasteiger partial charge >= 0.3 is 11.9 Å². The molecule has 1 rings (SSSR count). The zero-order chi connectivity index (χ0) is 11.0. The van der Waals surface area contributed by atoms with Crippen molar-refractivity contribution in [1.29, 1.82) is 0 Å². The van der Waals surface area contributed by atoms with Crippen molar-refractivity contribution in [3.8, 4) is 0 Å². The second-order valence-corrected chi connectivity index (χ2v) is 2.81. The third-order valence-electron chi connectivity index (χ3n) is 1.69. The van der Waals surface area contributed by atoms with E-state index >= 15 is 0 Å². The molecule has 82 valence electrons. The van der Waals surface area contributed by atoms with Gasteiger partial charge in [0.2, 0.25) is 0 Å². The Balaban J connectivity index is 0.000000249. The highest BCUT2D eigenvalue weighted by Gasteiger charge is 2.11. The van der Waals surface area contributed by atoms with Crippen LogP contribution in [0.5, 0.6) is 0 Å². The second kappa shape index (κ2) is 7.32. The van der Waals surface area contributed by atoms with Crippen molar-refractivity contribution in [2.24, 2.45) is 0 Å². The average Bonchev–Trinajstić information content (AvgIpc) is 2.67. The van der Waals surface area contributed by atoms with E-state index in [0.29, 0.717) is 6.10 Å². The van der Waals surface area contributed by atoms with Crippen LogP contribution in [0.2, 0.25) is 0 Å². The zero-order valence-corrected chi connectivity index (χ0v) is 8.74. The Kier molecular flexibility index (Phi) is 6.74. The first-order valence-corrected chi connectivity index (χ1v) is 4.39. The van der Waals surface area contributed by atoms with Crippen molar-refractivity contribution in [2.75, 3.05) is 20.8 Å². The lowest BCUT2D eigenvalue weighted by atomic mass is 10.3. The maximum atomic E-state index is 10.0. The summed E-state index contributed by atoms with van der Waals surface area (Å²) >= 11 is 0. The number of carbonyl (C=O) groups is 2. The van der Waals surface area contributed by atoms with Crippen LogP contribution in [0.1, 0.15) is 19.8 Å². The topological polar surface area (TPSA) is 61.8 Å². The van der Waals surface area contributed by atoms with E-state index in [9.17, 15) is 9.59 Å². The molecule has 1 unspecified atom stereocenters. The maximum absolute atomic E-state index is 10.0. The normalized spacial score (nSPS) is 19.2. The Bertz CT molecular complexity index is 170. The highest BCUT2D eigenvalue weighted by molar-refractivity contribution is 6.29. The third-order valence-corrected chi connectivity index (χ3v) is 1.69. The third kappa shape index (κ3) is 5.53. The first-order chi connectivity index (χ1) is 6.61. The lowest BCUT2D eigenvalue weighted by Crippen LogP contribution is -2.16. The molecule has 5 heteroatoms. The van der Waals surface area contributed by atoms with Gasteiger partial charge < -0.3 is 14.2 Å². The molecule has 0 saturated carbocycles. The van der Waals surface area contributed by atoms with Gasteiger partial charge in [-0.3, -0.25) is 0 Å². The molecule has 1 heterocycles. The van der Waals surface area contributed by atoms with Gasteiger partial charge in [-0.1, -0.05) is 0 Å². The smallest absolute Gasteiger partial charge is 0.417 e. The average molecular weight is 204 g/mol. The van der Waals surface area contributed by atoms with Crippen LogP contribution in [0, 0.1) is 0 Å². The lowest BCUT2D eigenvalue weighted by Gasteiger charge is -1.94. The fourth-order valence-electron chi connectivity index (χ4n) is 0.905. The van der Waals surface area contributed by atoms with Crippen LogP contribution in [-0.2, 0) is 23.8 Å². The Hall–Kier alpha value is -1.10. The van der Waals surface area contributed by atoms with Crippen molar-refractivity contribution >= 4 is 11.9 Å². The largest absolute Gasteiger partial charge is 0.461 e. The van der Waals surface area contributed by atoms with E-state index in [-0.39, 0.29) is 0 Å². The van der Waals surface area contributed by atoms with Crippen LogP contribution >= 0.6 is 0 Å². The van der Waals surface area contributed by atoms with E-state index < -0.39 is 11.9 Å². The summed E-state index contributed by atoms with van der Waals surface area (Å²) in [7, 11) is 2.22. The fraction of sp³-hybridized carbons (Fsp3) is 0.778. The van der Waals surface area contributed by atoms with Gasteiger partial charge in [0.1, 0.15) is 0 Å². The predicted molar refractivity (Wildman–Crippen MR) is 48.7 cm³/mol. The van der Waals surface area contributed by atoms with E-state index in [4.69, 9.17) is 4.74 Å². The molecular weight excluding hydrogens is 188 g/mol. The monoisotopic (exact) mass is 204 g/mol. The van der Waals surface area contributed by atoms with Gasteiger partial charge in [-0.2, -0.15) is 0 Å². The highest BCUT2D eigenvalue weighted by atomic mass is 16.6. The molecule has 0 radical (unpaired) electrons. The first-order valence-electron chi connectivity index (χ1n) is 4.39. The zero-order valence-electron chi connectivity index (χ0n) is 8.74. The molecule has 5 nitrogen and oxygen atoms in total. The number of rotatable bonds is 0. The Morgan fingerprint density at radius 2 is 1.71 bits per heavy atom. The van der Waals surface area contributed by atoms with Crippen LogP contribution in [0.4, 0.5) is 0 Å². The molecule has 1 fully saturated rings. The molecule has 0 aromatic rings. The molecule has 1 saturated heterocycles. The highest BCUT2D eigenvalue weighted by Crippen LogP contribution is 2.09. The fourth-order valence-corrected chi connectivity index (χ4v) is 0.905. The summed E-state index contributed by atoms with van der Waals surface area (Å²) in [6.07, 6.45) is 3.08. The van der Waals surface area contributed by atoms with Crippen LogP contribution in [0.15, 0.2) is 0 Å². The summed E-state index contributed by atoms with van der Waals surface area (Å²) in [5.74, 6) is -1.96. The van der Waals surface area contributed by atoms with Gasteiger partial charge in [0.15, 0.2) is 0 Å². The summed E-state index contributed by atoms with van der Waals surface area (Å²) in [6.45, 7) is 3.11. The molecule has 14 heavy (non-hydrogen) atoms. The maximum Gasteiger partial charge on any atom is 0.417 e. The Morgan fingerprint density at radius 1 is 1.21 bits per heavy atom. The van der Waals surface area contributed by atoms with E-state index in [0.717, 1.165) is 20.8 Å². The molecule has 0 bridgehead atoms. The van der Waals surface area contributed by atoms with Gasteiger partial charge in [0, 0.05) is 6.61 Å². The van der Waals surface area contributed by atoms with Crippen molar-refractivity contribution in [3.05, 3.63) is 0 Å². The number of methoxy groups -OCH3 is 2. The molecule has 0 N–H and O–H groups in total. The predicted octanol–water partition coefficient (Wildman–Crippen LogP) is 0.518. The summed E-state index contributed by atoms with van der Waals surface area (Å²) in [5.41, 5.74) is 0. The standard InChI is InChI=1S/C5H10O.C4H6O4/c1-5-3-2-4-6-5;1-7-3(5)4(6)8-2/h5H,2-4H2,1H3;1-2H3. The molecule has 1 atom stereocenters. The number of hydrogen-bond donors (Lipinski definition) is 0. The summed E-state index contributed by atoms with van der Waals surface area (Å²) in [5, 5.41) is 0. The molecule has 0 aromatic heterocycles. The lowest BCUT2D eigenvalue weighted by molar-refractivity contribution is -0.164. The summed E-state index contributed by atoms with van der Waals surface area (Å²) in [6, 6.07) is 0. The minimum absolute atomic E-state index is 0.546. The van der Waals surface area contributed by atoms with E-state index in [1.807, 2.05) is 0 Å². The molecule has 0 aromatic carbocycles. The Morgan fingerprint density at radius 3 is 1.86 bits per heavy atom. The van der Waals surface area contributed by atoms with Crippen LogP contribution in [0.25, 0.3) is 0 Å². The van der Waals surface area contributed by atoms with Gasteiger partial charge in [-0.05, 0) is 19.8 Å². The van der Waals surface area contributed by atoms with E-state index in [1.54, 1.807) is 0 Å². The Labute approximate surface area is 83.3 Å². The number of carbonyl (C=O) groups excluding carboxylic acids is 2. The minimum atomic E-state index is -0.979. The molecule has 0 spiro atoms. The SMILES string of the molecule is CC1CCCO1.COC(=O)C(=O)OC. The van der Waals surface area contributed by atoms with Crippen molar-refractivity contribution in [3.63, 3.8) is 0 Å². The molecule has 1 aliphatic rings. The quantitative estimate of drug-likeness (QED) is 0.425. The second-order valence-electron chi connectivity index (χ2n) is 2.81. The minimum Gasteiger partial charge on any atom is -0.461 e. The van der Waals surface area contributed by atoms with Crippen molar-refractivity contribution in [2.45, 2.75) is 25.9 Å². The van der Waals surface area contributed by atoms with E-state index in [2.05, 4.69) is 16.4 Å². The summed E-state index contributed by atoms with van der Waals surface area (Å²) in [4.78, 5) is 20.1. The van der Waals surface area contributed by atoms with Crippen molar-refractivity contribution in [1.82, 2.24) is 0 Å². The van der Waals surface area contributed by atoms with Gasteiger partial charge in [-0.15, -0.1) is 0 Å². The van der Waals surface area contributed by atoms with Gasteiger partial charge in [0.05, 0.1) is 20.3 Å². The van der Waals surface area contributed by atoms with E-state index in [1.165, 1.54) is 12.8 Å². The first kappa shape index (κ1) is 12.9. The van der Waals surface area contributed by atoms with Crippen LogP contribution < -0.4 is 0 Å². The van der Waals surface area contributed by atoms with Gasteiger partial charge in [-0.25, -0.2) is 9.59 Å². The van der Waals surface area contributed by atoms with Crippen LogP contribution in [0.3, 0.4) is 0 Å². The number of esters is 2. The van der Waals surface area contributed by atoms with Crippen LogP contribution in [-0.4, -0.2) is 38.9 Å². The number of hydrogen-bond acceptors (Lipinski definition) is 5. The van der Waals surface area contributed by atoms with Crippen molar-refractivity contribution < 1.29 is 23.8 Å².